The molecule has 0 radical (unpaired) electrons. The summed E-state index contributed by atoms with van der Waals surface area (Å²) in [6.45, 7) is 5.20. The molecular weight excluding hydrogens is 369 g/mol. The molecule has 0 aliphatic rings. The predicted octanol–water partition coefficient (Wildman–Crippen LogP) is 6.24. The molecule has 0 aromatic heterocycles. The van der Waals surface area contributed by atoms with Crippen molar-refractivity contribution in [1.82, 2.24) is 5.32 Å². The molecule has 2 aromatic rings. The van der Waals surface area contributed by atoms with E-state index in [1.165, 1.54) is 11.1 Å². The number of halogens is 3. The first kappa shape index (κ1) is 16.8. The van der Waals surface area contributed by atoms with Gasteiger partial charge in [0.05, 0.1) is 0 Å². The van der Waals surface area contributed by atoms with Crippen molar-refractivity contribution in [2.24, 2.45) is 5.92 Å². The zero-order valence-electron chi connectivity index (χ0n) is 12.0. The molecule has 4 heteroatoms. The minimum absolute atomic E-state index is 0.282. The lowest BCUT2D eigenvalue weighted by atomic mass is 9.96. The molecule has 0 fully saturated rings. The monoisotopic (exact) mass is 385 g/mol. The van der Waals surface area contributed by atoms with E-state index < -0.39 is 0 Å². The third-order valence-electron chi connectivity index (χ3n) is 3.42. The summed E-state index contributed by atoms with van der Waals surface area (Å²) in [6.07, 6.45) is 0. The Labute approximate surface area is 144 Å². The Kier molecular flexibility index (Phi) is 6.12. The van der Waals surface area contributed by atoms with Gasteiger partial charge in [-0.15, -0.1) is 0 Å². The summed E-state index contributed by atoms with van der Waals surface area (Å²) >= 11 is 15.5. The van der Waals surface area contributed by atoms with Crippen LogP contribution in [-0.2, 0) is 6.54 Å². The molecule has 0 aliphatic heterocycles. The number of rotatable bonds is 5. The second-order valence-electron chi connectivity index (χ2n) is 5.39. The van der Waals surface area contributed by atoms with Gasteiger partial charge in [-0.25, -0.2) is 0 Å². The van der Waals surface area contributed by atoms with Crippen molar-refractivity contribution in [1.29, 1.82) is 0 Å². The minimum Gasteiger partial charge on any atom is -0.306 e. The maximum Gasteiger partial charge on any atom is 0.0417 e. The highest BCUT2D eigenvalue weighted by Crippen LogP contribution is 2.26. The van der Waals surface area contributed by atoms with Crippen molar-refractivity contribution < 1.29 is 0 Å². The number of hydrogen-bond acceptors (Lipinski definition) is 1. The van der Waals surface area contributed by atoms with Crippen LogP contribution in [0.5, 0.6) is 0 Å². The van der Waals surface area contributed by atoms with Crippen molar-refractivity contribution in [2.45, 2.75) is 26.4 Å². The quantitative estimate of drug-likeness (QED) is 0.640. The molecule has 1 N–H and O–H groups in total. The van der Waals surface area contributed by atoms with Crippen molar-refractivity contribution in [2.75, 3.05) is 0 Å². The standard InChI is InChI=1S/C17H18BrCl2N/c1-11(2)17(12-3-6-14(19)7-4-12)21-10-13-5-8-15(20)9-16(13)18/h3-9,11,17,21H,10H2,1-2H3. The summed E-state index contributed by atoms with van der Waals surface area (Å²) in [5.41, 5.74) is 2.44. The molecule has 112 valence electrons. The van der Waals surface area contributed by atoms with E-state index >= 15 is 0 Å². The summed E-state index contributed by atoms with van der Waals surface area (Å²) in [5.74, 6) is 0.484. The van der Waals surface area contributed by atoms with Crippen molar-refractivity contribution in [3.05, 3.63) is 68.1 Å². The summed E-state index contributed by atoms with van der Waals surface area (Å²) in [6, 6.07) is 14.2. The lowest BCUT2D eigenvalue weighted by Gasteiger charge is -2.23. The van der Waals surface area contributed by atoms with E-state index in [9.17, 15) is 0 Å². The molecule has 0 amide bonds. The molecule has 0 bridgehead atoms. The molecule has 1 atom stereocenters. The average Bonchev–Trinajstić information content (AvgIpc) is 2.42. The summed E-state index contributed by atoms with van der Waals surface area (Å²) in [5, 5.41) is 5.12. The van der Waals surface area contributed by atoms with Gasteiger partial charge in [-0.2, -0.15) is 0 Å². The Balaban J connectivity index is 2.12. The molecule has 0 saturated carbocycles. The molecule has 0 heterocycles. The number of hydrogen-bond donors (Lipinski definition) is 1. The van der Waals surface area contributed by atoms with Crippen LogP contribution in [0.3, 0.4) is 0 Å². The van der Waals surface area contributed by atoms with Crippen LogP contribution in [0, 0.1) is 5.92 Å². The molecule has 1 nitrogen and oxygen atoms in total. The van der Waals surface area contributed by atoms with Gasteiger partial charge in [0.2, 0.25) is 0 Å². The fourth-order valence-corrected chi connectivity index (χ4v) is 3.24. The fourth-order valence-electron chi connectivity index (χ4n) is 2.29. The van der Waals surface area contributed by atoms with E-state index in [0.29, 0.717) is 5.92 Å². The highest BCUT2D eigenvalue weighted by molar-refractivity contribution is 9.10. The van der Waals surface area contributed by atoms with E-state index in [-0.39, 0.29) is 6.04 Å². The third-order valence-corrected chi connectivity index (χ3v) is 4.65. The van der Waals surface area contributed by atoms with Gasteiger partial charge in [0, 0.05) is 27.1 Å². The second-order valence-corrected chi connectivity index (χ2v) is 7.12. The summed E-state index contributed by atoms with van der Waals surface area (Å²) < 4.78 is 1.03. The Bertz CT molecular complexity index is 596. The molecule has 2 aromatic carbocycles. The van der Waals surface area contributed by atoms with Gasteiger partial charge in [0.15, 0.2) is 0 Å². The van der Waals surface area contributed by atoms with E-state index in [1.54, 1.807) is 0 Å². The Morgan fingerprint density at radius 1 is 1.00 bits per heavy atom. The first-order chi connectivity index (χ1) is 9.97. The van der Waals surface area contributed by atoms with Gasteiger partial charge in [-0.1, -0.05) is 71.2 Å². The van der Waals surface area contributed by atoms with Crippen LogP contribution in [0.2, 0.25) is 10.0 Å². The SMILES string of the molecule is CC(C)C(NCc1ccc(Cl)cc1Br)c1ccc(Cl)cc1. The number of benzene rings is 2. The first-order valence-corrected chi connectivity index (χ1v) is 8.45. The fraction of sp³-hybridized carbons (Fsp3) is 0.294. The van der Waals surface area contributed by atoms with Crippen LogP contribution >= 0.6 is 39.1 Å². The van der Waals surface area contributed by atoms with Gasteiger partial charge >= 0.3 is 0 Å². The van der Waals surface area contributed by atoms with Crippen LogP contribution in [0.4, 0.5) is 0 Å². The first-order valence-electron chi connectivity index (χ1n) is 6.90. The van der Waals surface area contributed by atoms with Crippen LogP contribution in [0.1, 0.15) is 31.0 Å². The largest absolute Gasteiger partial charge is 0.306 e. The lowest BCUT2D eigenvalue weighted by Crippen LogP contribution is -2.25. The molecule has 21 heavy (non-hydrogen) atoms. The van der Waals surface area contributed by atoms with Crippen molar-refractivity contribution >= 4 is 39.1 Å². The van der Waals surface area contributed by atoms with Gasteiger partial charge in [-0.05, 0) is 41.3 Å². The molecule has 0 spiro atoms. The van der Waals surface area contributed by atoms with Gasteiger partial charge in [0.1, 0.15) is 0 Å². The maximum absolute atomic E-state index is 5.98. The molecule has 0 saturated heterocycles. The Morgan fingerprint density at radius 2 is 1.62 bits per heavy atom. The van der Waals surface area contributed by atoms with Gasteiger partial charge in [0.25, 0.3) is 0 Å². The van der Waals surface area contributed by atoms with E-state index in [4.69, 9.17) is 23.2 Å². The van der Waals surface area contributed by atoms with Gasteiger partial charge in [-0.3, -0.25) is 0 Å². The van der Waals surface area contributed by atoms with Crippen LogP contribution in [0.15, 0.2) is 46.9 Å². The summed E-state index contributed by atoms with van der Waals surface area (Å²) in [4.78, 5) is 0. The van der Waals surface area contributed by atoms with Crippen LogP contribution < -0.4 is 5.32 Å². The zero-order chi connectivity index (χ0) is 15.4. The highest BCUT2D eigenvalue weighted by atomic mass is 79.9. The van der Waals surface area contributed by atoms with Crippen LogP contribution in [0.25, 0.3) is 0 Å². The zero-order valence-corrected chi connectivity index (χ0v) is 15.1. The minimum atomic E-state index is 0.282. The Morgan fingerprint density at radius 3 is 2.19 bits per heavy atom. The Hall–Kier alpha value is -0.540. The molecule has 2 rings (SSSR count). The van der Waals surface area contributed by atoms with Gasteiger partial charge < -0.3 is 5.32 Å². The van der Waals surface area contributed by atoms with Crippen molar-refractivity contribution in [3.8, 4) is 0 Å². The highest BCUT2D eigenvalue weighted by Gasteiger charge is 2.15. The van der Waals surface area contributed by atoms with E-state index in [1.807, 2.05) is 30.3 Å². The topological polar surface area (TPSA) is 12.0 Å². The van der Waals surface area contributed by atoms with Crippen LogP contribution in [-0.4, -0.2) is 0 Å². The van der Waals surface area contributed by atoms with E-state index in [0.717, 1.165) is 21.1 Å². The smallest absolute Gasteiger partial charge is 0.0417 e. The molecule has 0 aliphatic carbocycles. The molecule has 1 unspecified atom stereocenters. The molecular formula is C17H18BrCl2N. The average molecular weight is 387 g/mol. The number of nitrogens with one attached hydrogen (secondary N) is 1. The third kappa shape index (κ3) is 4.72. The predicted molar refractivity (Wildman–Crippen MR) is 95.0 cm³/mol. The maximum atomic E-state index is 5.98. The van der Waals surface area contributed by atoms with E-state index in [2.05, 4.69) is 47.2 Å². The van der Waals surface area contributed by atoms with Crippen molar-refractivity contribution in [3.63, 3.8) is 0 Å². The normalized spacial score (nSPS) is 12.7. The lowest BCUT2D eigenvalue weighted by molar-refractivity contribution is 0.410. The summed E-state index contributed by atoms with van der Waals surface area (Å²) in [7, 11) is 0. The second kappa shape index (κ2) is 7.64.